The lowest BCUT2D eigenvalue weighted by Gasteiger charge is -2.34. The first-order valence-corrected chi connectivity index (χ1v) is 11.1. The third-order valence-corrected chi connectivity index (χ3v) is 6.95. The Morgan fingerprint density at radius 2 is 1.69 bits per heavy atom. The molecule has 0 spiro atoms. The average molecular weight is 430 g/mol. The Balaban J connectivity index is 1.46. The molecule has 29 heavy (non-hydrogen) atoms. The minimum absolute atomic E-state index is 0.284. The number of benzene rings is 1. The molecule has 0 atom stereocenters. The summed E-state index contributed by atoms with van der Waals surface area (Å²) in [7, 11) is -3.93. The third kappa shape index (κ3) is 5.80. The number of aromatic nitrogens is 2. The van der Waals surface area contributed by atoms with Gasteiger partial charge in [-0.15, -0.1) is 0 Å². The number of hydrogen-bond donors (Lipinski definition) is 0. The number of nitrogens with zero attached hydrogens (tertiary/aromatic N) is 4. The first-order chi connectivity index (χ1) is 13.8. The van der Waals surface area contributed by atoms with Crippen LogP contribution in [0.1, 0.15) is 24.8 Å². The predicted octanol–water partition coefficient (Wildman–Crippen LogP) is 3.08. The zero-order chi connectivity index (χ0) is 20.9. The lowest BCUT2D eigenvalue weighted by Crippen LogP contribution is -2.48. The zero-order valence-corrected chi connectivity index (χ0v) is 16.9. The maximum atomic E-state index is 12.9. The van der Waals surface area contributed by atoms with Gasteiger partial charge in [-0.25, -0.2) is 8.42 Å². The smallest absolute Gasteiger partial charge is 0.301 e. The quantitative estimate of drug-likeness (QED) is 0.604. The van der Waals surface area contributed by atoms with Gasteiger partial charge in [-0.3, -0.25) is 4.68 Å². The average Bonchev–Trinajstić information content (AvgIpc) is 3.21. The Morgan fingerprint density at radius 3 is 2.34 bits per heavy atom. The number of hydrogen-bond acceptors (Lipinski definition) is 4. The van der Waals surface area contributed by atoms with Gasteiger partial charge in [0.15, 0.2) is 0 Å². The summed E-state index contributed by atoms with van der Waals surface area (Å²) in [6.07, 6.45) is 2.23. The summed E-state index contributed by atoms with van der Waals surface area (Å²) in [4.78, 5) is 1.89. The maximum Gasteiger partial charge on any atom is 0.416 e. The van der Waals surface area contributed by atoms with Crippen LogP contribution in [-0.2, 0) is 22.7 Å². The van der Waals surface area contributed by atoms with Gasteiger partial charge in [-0.2, -0.15) is 22.6 Å². The highest BCUT2D eigenvalue weighted by Gasteiger charge is 2.33. The fraction of sp³-hybridized carbons (Fsp3) is 0.526. The lowest BCUT2D eigenvalue weighted by atomic mass is 10.2. The van der Waals surface area contributed by atoms with Crippen molar-refractivity contribution in [2.24, 2.45) is 0 Å². The van der Waals surface area contributed by atoms with Gasteiger partial charge in [-0.05, 0) is 43.7 Å². The van der Waals surface area contributed by atoms with Crippen molar-refractivity contribution < 1.29 is 21.6 Å². The topological polar surface area (TPSA) is 58.4 Å². The van der Waals surface area contributed by atoms with E-state index in [0.717, 1.165) is 44.5 Å². The molecular formula is C19H25F3N4O2S. The van der Waals surface area contributed by atoms with E-state index in [4.69, 9.17) is 0 Å². The van der Waals surface area contributed by atoms with Crippen LogP contribution >= 0.6 is 0 Å². The van der Waals surface area contributed by atoms with Crippen molar-refractivity contribution in [3.63, 3.8) is 0 Å². The highest BCUT2D eigenvalue weighted by Crippen LogP contribution is 2.31. The van der Waals surface area contributed by atoms with E-state index in [-0.39, 0.29) is 18.0 Å². The predicted molar refractivity (Wildman–Crippen MR) is 103 cm³/mol. The number of piperazine rings is 1. The standard InChI is InChI=1S/C19H25F3N4O2S/c20-19(21,22)17-6-4-7-18(16-17)29(27,28)26-14-12-24(13-15-26)9-2-1-3-10-25-11-5-8-23-25/h4-8,11,16H,1-3,9-10,12-15H2. The molecule has 2 aromatic rings. The molecule has 160 valence electrons. The molecule has 0 bridgehead atoms. The Labute approximate surface area is 169 Å². The summed E-state index contributed by atoms with van der Waals surface area (Å²) in [5, 5.41) is 4.16. The number of aryl methyl sites for hydroxylation is 1. The summed E-state index contributed by atoms with van der Waals surface area (Å²) < 4.78 is 67.3. The van der Waals surface area contributed by atoms with Crippen LogP contribution in [0.25, 0.3) is 0 Å². The first kappa shape index (κ1) is 21.8. The molecule has 0 radical (unpaired) electrons. The van der Waals surface area contributed by atoms with E-state index >= 15 is 0 Å². The van der Waals surface area contributed by atoms with E-state index in [0.29, 0.717) is 19.2 Å². The number of alkyl halides is 3. The van der Waals surface area contributed by atoms with Crippen LogP contribution in [0.4, 0.5) is 13.2 Å². The van der Waals surface area contributed by atoms with E-state index in [1.54, 1.807) is 6.20 Å². The molecule has 1 aliphatic rings. The Morgan fingerprint density at radius 1 is 0.966 bits per heavy atom. The van der Waals surface area contributed by atoms with Gasteiger partial charge in [0, 0.05) is 45.1 Å². The van der Waals surface area contributed by atoms with Crippen molar-refractivity contribution in [2.45, 2.75) is 36.9 Å². The van der Waals surface area contributed by atoms with Crippen molar-refractivity contribution in [2.75, 3.05) is 32.7 Å². The normalized spacial score (nSPS) is 16.9. The molecule has 0 amide bonds. The highest BCUT2D eigenvalue weighted by atomic mass is 32.2. The van der Waals surface area contributed by atoms with Gasteiger partial charge in [0.1, 0.15) is 0 Å². The Bertz CT molecular complexity index is 877. The second kappa shape index (κ2) is 9.27. The molecule has 1 aliphatic heterocycles. The summed E-state index contributed by atoms with van der Waals surface area (Å²) in [5.41, 5.74) is -0.952. The van der Waals surface area contributed by atoms with E-state index < -0.39 is 21.8 Å². The molecule has 1 aromatic carbocycles. The van der Waals surface area contributed by atoms with Crippen LogP contribution in [0.3, 0.4) is 0 Å². The zero-order valence-electron chi connectivity index (χ0n) is 16.1. The SMILES string of the molecule is O=S(=O)(c1cccc(C(F)(F)F)c1)N1CCN(CCCCCn2cccn2)CC1. The van der Waals surface area contributed by atoms with E-state index in [2.05, 4.69) is 10.00 Å². The van der Waals surface area contributed by atoms with E-state index in [1.165, 1.54) is 10.4 Å². The minimum atomic E-state index is -4.57. The van der Waals surface area contributed by atoms with Crippen molar-refractivity contribution >= 4 is 10.0 Å². The second-order valence-electron chi connectivity index (χ2n) is 7.10. The molecular weight excluding hydrogens is 405 g/mol. The monoisotopic (exact) mass is 430 g/mol. The first-order valence-electron chi connectivity index (χ1n) is 9.64. The van der Waals surface area contributed by atoms with Gasteiger partial charge in [0.2, 0.25) is 10.0 Å². The van der Waals surface area contributed by atoms with Crippen LogP contribution in [0.15, 0.2) is 47.6 Å². The van der Waals surface area contributed by atoms with Crippen molar-refractivity contribution in [3.8, 4) is 0 Å². The van der Waals surface area contributed by atoms with Gasteiger partial charge in [-0.1, -0.05) is 12.5 Å². The summed E-state index contributed by atoms with van der Waals surface area (Å²) in [6.45, 7) is 3.50. The molecule has 0 unspecified atom stereocenters. The van der Waals surface area contributed by atoms with Crippen LogP contribution < -0.4 is 0 Å². The molecule has 3 rings (SSSR count). The molecule has 10 heteroatoms. The number of rotatable bonds is 8. The summed E-state index contributed by atoms with van der Waals surface area (Å²) in [5.74, 6) is 0. The van der Waals surface area contributed by atoms with Crippen molar-refractivity contribution in [3.05, 3.63) is 48.3 Å². The molecule has 2 heterocycles. The largest absolute Gasteiger partial charge is 0.416 e. The molecule has 0 aliphatic carbocycles. The van der Waals surface area contributed by atoms with Gasteiger partial charge in [0.25, 0.3) is 0 Å². The fourth-order valence-electron chi connectivity index (χ4n) is 3.39. The number of sulfonamides is 1. The number of unbranched alkanes of at least 4 members (excludes halogenated alkanes) is 2. The van der Waals surface area contributed by atoms with E-state index in [1.807, 2.05) is 16.9 Å². The summed E-state index contributed by atoms with van der Waals surface area (Å²) >= 11 is 0. The lowest BCUT2D eigenvalue weighted by molar-refractivity contribution is -0.137. The van der Waals surface area contributed by atoms with Crippen LogP contribution in [0.2, 0.25) is 0 Å². The molecule has 0 saturated carbocycles. The fourth-order valence-corrected chi connectivity index (χ4v) is 4.86. The van der Waals surface area contributed by atoms with Crippen molar-refractivity contribution in [1.82, 2.24) is 19.0 Å². The molecule has 1 aromatic heterocycles. The highest BCUT2D eigenvalue weighted by molar-refractivity contribution is 7.89. The van der Waals surface area contributed by atoms with Gasteiger partial charge < -0.3 is 4.90 Å². The number of halogens is 3. The van der Waals surface area contributed by atoms with Gasteiger partial charge in [0.05, 0.1) is 10.5 Å². The van der Waals surface area contributed by atoms with E-state index in [9.17, 15) is 21.6 Å². The molecule has 6 nitrogen and oxygen atoms in total. The second-order valence-corrected chi connectivity index (χ2v) is 9.04. The summed E-state index contributed by atoms with van der Waals surface area (Å²) in [6, 6.07) is 5.84. The van der Waals surface area contributed by atoms with Crippen LogP contribution in [0.5, 0.6) is 0 Å². The Hall–Kier alpha value is -1.91. The van der Waals surface area contributed by atoms with Gasteiger partial charge >= 0.3 is 6.18 Å². The molecule has 1 fully saturated rings. The minimum Gasteiger partial charge on any atom is -0.301 e. The van der Waals surface area contributed by atoms with Crippen LogP contribution in [-0.4, -0.2) is 60.1 Å². The molecule has 1 saturated heterocycles. The molecule has 0 N–H and O–H groups in total. The Kier molecular flexibility index (Phi) is 6.97. The maximum absolute atomic E-state index is 12.9. The van der Waals surface area contributed by atoms with Crippen molar-refractivity contribution in [1.29, 1.82) is 0 Å². The van der Waals surface area contributed by atoms with Crippen LogP contribution in [0, 0.1) is 0 Å². The third-order valence-electron chi connectivity index (χ3n) is 5.05.